The van der Waals surface area contributed by atoms with E-state index in [0.717, 1.165) is 50.3 Å². The van der Waals surface area contributed by atoms with Gasteiger partial charge in [-0.1, -0.05) is 121 Å². The number of ether oxygens (including phenoxy) is 2. The summed E-state index contributed by atoms with van der Waals surface area (Å²) in [5.74, 6) is 0.924. The maximum absolute atomic E-state index is 13.7. The van der Waals surface area contributed by atoms with Crippen molar-refractivity contribution in [3.8, 4) is 11.1 Å². The molecule has 1 amide bonds. The minimum absolute atomic E-state index is 0.0232. The molecule has 0 unspecified atom stereocenters. The average molecular weight is 767 g/mol. The zero-order chi connectivity index (χ0) is 37.9. The van der Waals surface area contributed by atoms with E-state index in [1.54, 1.807) is 23.9 Å². The van der Waals surface area contributed by atoms with Gasteiger partial charge in [0.1, 0.15) is 6.04 Å². The number of benzene rings is 5. The van der Waals surface area contributed by atoms with Gasteiger partial charge in [-0.15, -0.1) is 0 Å². The number of carbonyl (C=O) groups is 1. The van der Waals surface area contributed by atoms with E-state index < -0.39 is 28.3 Å². The summed E-state index contributed by atoms with van der Waals surface area (Å²) >= 11 is 1.64. The number of amides is 1. The minimum atomic E-state index is -3.97. The van der Waals surface area contributed by atoms with Crippen molar-refractivity contribution in [1.29, 1.82) is 0 Å². The van der Waals surface area contributed by atoms with Crippen molar-refractivity contribution in [2.75, 3.05) is 18.1 Å². The smallest absolute Gasteiger partial charge is 0.241 e. The Bertz CT molecular complexity index is 2060. The summed E-state index contributed by atoms with van der Waals surface area (Å²) < 4.78 is 42.3. The SMILES string of the molecule is Cc1ccc(S(=O)(=O)N[C@H](Cc2ccccc2)C(=O)NCc2ccccc2-c2ccc([C@H]3O[C@@H](CSCCO)C[C@@H](c4ccc(CO)cc4)O3)cc2)cc1. The first-order valence-corrected chi connectivity index (χ1v) is 20.6. The molecule has 0 bridgehead atoms. The Kier molecular flexibility index (Phi) is 13.7. The van der Waals surface area contributed by atoms with Crippen molar-refractivity contribution in [3.63, 3.8) is 0 Å². The molecule has 0 aromatic heterocycles. The van der Waals surface area contributed by atoms with Crippen LogP contribution in [0.4, 0.5) is 0 Å². The van der Waals surface area contributed by atoms with Crippen LogP contribution in [0.2, 0.25) is 0 Å². The number of sulfonamides is 1. The number of aryl methyl sites for hydroxylation is 1. The first-order chi connectivity index (χ1) is 26.2. The van der Waals surface area contributed by atoms with Gasteiger partial charge in [0.25, 0.3) is 0 Å². The molecule has 0 saturated carbocycles. The Balaban J connectivity index is 1.17. The largest absolute Gasteiger partial charge is 0.396 e. The summed E-state index contributed by atoms with van der Waals surface area (Å²) in [6.07, 6.45) is -0.0346. The maximum atomic E-state index is 13.7. The summed E-state index contributed by atoms with van der Waals surface area (Å²) in [7, 11) is -3.97. The normalized spacial score (nSPS) is 17.9. The molecule has 54 heavy (non-hydrogen) atoms. The summed E-state index contributed by atoms with van der Waals surface area (Å²) in [5.41, 5.74) is 7.21. The van der Waals surface area contributed by atoms with E-state index in [1.165, 1.54) is 12.1 Å². The van der Waals surface area contributed by atoms with E-state index in [9.17, 15) is 23.4 Å². The van der Waals surface area contributed by atoms with Gasteiger partial charge in [-0.05, 0) is 58.9 Å². The summed E-state index contributed by atoms with van der Waals surface area (Å²) in [5, 5.41) is 21.8. The summed E-state index contributed by atoms with van der Waals surface area (Å²) in [4.78, 5) is 13.8. The lowest BCUT2D eigenvalue weighted by molar-refractivity contribution is -0.245. The van der Waals surface area contributed by atoms with Crippen LogP contribution in [0.25, 0.3) is 11.1 Å². The molecule has 1 aliphatic heterocycles. The third-order valence-electron chi connectivity index (χ3n) is 9.35. The molecule has 9 nitrogen and oxygen atoms in total. The third kappa shape index (κ3) is 10.5. The van der Waals surface area contributed by atoms with Crippen LogP contribution in [-0.4, -0.2) is 54.8 Å². The quantitative estimate of drug-likeness (QED) is 0.0823. The lowest BCUT2D eigenvalue weighted by Crippen LogP contribution is -2.47. The average Bonchev–Trinajstić information content (AvgIpc) is 3.20. The van der Waals surface area contributed by atoms with E-state index in [0.29, 0.717) is 12.2 Å². The lowest BCUT2D eigenvalue weighted by Gasteiger charge is -2.36. The fourth-order valence-corrected chi connectivity index (χ4v) is 8.36. The molecule has 5 aromatic rings. The Morgan fingerprint density at radius 1 is 0.815 bits per heavy atom. The summed E-state index contributed by atoms with van der Waals surface area (Å²) in [6.45, 7) is 2.16. The van der Waals surface area contributed by atoms with Crippen LogP contribution < -0.4 is 10.0 Å². The van der Waals surface area contributed by atoms with Crippen LogP contribution in [0.5, 0.6) is 0 Å². The number of aliphatic hydroxyl groups excluding tert-OH is 2. The van der Waals surface area contributed by atoms with Crippen molar-refractivity contribution in [2.24, 2.45) is 0 Å². The zero-order valence-corrected chi connectivity index (χ0v) is 31.8. The molecule has 1 aliphatic rings. The molecule has 0 aliphatic carbocycles. The number of hydrogen-bond acceptors (Lipinski definition) is 8. The molecule has 11 heteroatoms. The molecule has 4 N–H and O–H groups in total. The van der Waals surface area contributed by atoms with Crippen molar-refractivity contribution >= 4 is 27.7 Å². The van der Waals surface area contributed by atoms with Gasteiger partial charge in [0, 0.05) is 30.0 Å². The van der Waals surface area contributed by atoms with E-state index in [-0.39, 0.29) is 43.3 Å². The highest BCUT2D eigenvalue weighted by atomic mass is 32.2. The standard InChI is InChI=1S/C43H46N2O7S2/c1-30-11-21-38(22-12-30)54(49,50)45-40(25-31-7-3-2-4-8-31)42(48)44-27-36-9-5-6-10-39(36)33-17-19-35(20-18-33)43-51-37(29-53-24-23-46)26-41(52-43)34-15-13-32(28-47)14-16-34/h2-22,37,40-41,43,45-47H,23-29H2,1H3,(H,44,48)/t37-,40-,41+,43+/m1/s1. The molecular weight excluding hydrogens is 721 g/mol. The van der Waals surface area contributed by atoms with Crippen LogP contribution in [0, 0.1) is 6.92 Å². The van der Waals surface area contributed by atoms with E-state index >= 15 is 0 Å². The fourth-order valence-electron chi connectivity index (χ4n) is 6.39. The van der Waals surface area contributed by atoms with Crippen LogP contribution in [0.15, 0.2) is 132 Å². The second-order valence-electron chi connectivity index (χ2n) is 13.3. The Morgan fingerprint density at radius 3 is 2.20 bits per heavy atom. The lowest BCUT2D eigenvalue weighted by atomic mass is 9.97. The zero-order valence-electron chi connectivity index (χ0n) is 30.1. The summed E-state index contributed by atoms with van der Waals surface area (Å²) in [6, 6.07) is 38.4. The highest BCUT2D eigenvalue weighted by Crippen LogP contribution is 2.39. The molecule has 1 saturated heterocycles. The number of aliphatic hydroxyl groups is 2. The van der Waals surface area contributed by atoms with Crippen LogP contribution in [0.3, 0.4) is 0 Å². The van der Waals surface area contributed by atoms with Gasteiger partial charge in [-0.3, -0.25) is 4.79 Å². The van der Waals surface area contributed by atoms with E-state index in [1.807, 2.05) is 110 Å². The topological polar surface area (TPSA) is 134 Å². The van der Waals surface area contributed by atoms with Crippen molar-refractivity contribution < 1.29 is 32.9 Å². The van der Waals surface area contributed by atoms with Crippen molar-refractivity contribution in [1.82, 2.24) is 10.0 Å². The Morgan fingerprint density at radius 2 is 1.50 bits per heavy atom. The van der Waals surface area contributed by atoms with Crippen molar-refractivity contribution in [3.05, 3.63) is 161 Å². The van der Waals surface area contributed by atoms with E-state index in [4.69, 9.17) is 9.47 Å². The number of thioether (sulfide) groups is 1. The number of rotatable bonds is 16. The first-order valence-electron chi connectivity index (χ1n) is 18.0. The molecule has 0 spiro atoms. The fraction of sp³-hybridized carbons (Fsp3) is 0.279. The van der Waals surface area contributed by atoms with Crippen LogP contribution in [0.1, 0.15) is 52.2 Å². The van der Waals surface area contributed by atoms with Crippen LogP contribution >= 0.6 is 11.8 Å². The molecule has 5 aromatic carbocycles. The Labute approximate surface area is 321 Å². The van der Waals surface area contributed by atoms with Gasteiger partial charge in [-0.2, -0.15) is 16.5 Å². The van der Waals surface area contributed by atoms with Gasteiger partial charge in [0.05, 0.1) is 30.3 Å². The van der Waals surface area contributed by atoms with E-state index in [2.05, 4.69) is 10.0 Å². The van der Waals surface area contributed by atoms with Gasteiger partial charge in [0.2, 0.25) is 15.9 Å². The number of hydrogen-bond donors (Lipinski definition) is 4. The van der Waals surface area contributed by atoms with Gasteiger partial charge >= 0.3 is 0 Å². The highest BCUT2D eigenvalue weighted by molar-refractivity contribution is 7.99. The molecule has 1 heterocycles. The maximum Gasteiger partial charge on any atom is 0.241 e. The number of carbonyl (C=O) groups excluding carboxylic acids is 1. The molecule has 6 rings (SSSR count). The first kappa shape index (κ1) is 39.4. The van der Waals surface area contributed by atoms with Crippen LogP contribution in [-0.2, 0) is 43.9 Å². The predicted octanol–water partition coefficient (Wildman–Crippen LogP) is 6.63. The molecule has 1 fully saturated rings. The van der Waals surface area contributed by atoms with Gasteiger partial charge < -0.3 is 25.0 Å². The molecule has 0 radical (unpaired) electrons. The Hall–Kier alpha value is -4.33. The monoisotopic (exact) mass is 766 g/mol. The third-order valence-corrected chi connectivity index (χ3v) is 11.9. The predicted molar refractivity (Wildman–Crippen MR) is 212 cm³/mol. The second kappa shape index (κ2) is 18.8. The second-order valence-corrected chi connectivity index (χ2v) is 16.2. The minimum Gasteiger partial charge on any atom is -0.396 e. The highest BCUT2D eigenvalue weighted by Gasteiger charge is 2.32. The molecule has 282 valence electrons. The molecule has 4 atom stereocenters. The molecular formula is C43H46N2O7S2. The van der Waals surface area contributed by atoms with Gasteiger partial charge in [-0.25, -0.2) is 8.42 Å². The van der Waals surface area contributed by atoms with Crippen molar-refractivity contribution in [2.45, 2.75) is 62.4 Å². The number of nitrogens with one attached hydrogen (secondary N) is 2. The van der Waals surface area contributed by atoms with Gasteiger partial charge in [0.15, 0.2) is 6.29 Å².